The summed E-state index contributed by atoms with van der Waals surface area (Å²) in [5, 5.41) is 0.837. The monoisotopic (exact) mass is 778 g/mol. The van der Waals surface area contributed by atoms with E-state index in [9.17, 15) is 92.4 Å². The third-order valence-electron chi connectivity index (χ3n) is 5.97. The molecule has 0 atom stereocenters. The highest BCUT2D eigenvalue weighted by Crippen LogP contribution is 2.63. The molecular formula is C24H27F17N2O5S. The van der Waals surface area contributed by atoms with Crippen molar-refractivity contribution < 1.29 is 102 Å². The van der Waals surface area contributed by atoms with Crippen molar-refractivity contribution >= 4 is 16.0 Å². The van der Waals surface area contributed by atoms with Crippen LogP contribution in [0.15, 0.2) is 29.2 Å². The van der Waals surface area contributed by atoms with E-state index in [1.165, 1.54) is 12.1 Å². The summed E-state index contributed by atoms with van der Waals surface area (Å²) in [6, 6.07) is 5.78. The molecule has 0 fully saturated rings. The molecule has 0 saturated heterocycles. The number of aryl methyl sites for hydroxylation is 1. The third kappa shape index (κ3) is 9.77. The topological polar surface area (TPSA) is 95.5 Å². The van der Waals surface area contributed by atoms with Crippen LogP contribution in [0.5, 0.6) is 0 Å². The van der Waals surface area contributed by atoms with E-state index >= 15 is 0 Å². The number of likely N-dealkylation sites (N-methyl/N-ethyl adjacent to an activating group) is 1. The highest BCUT2D eigenvalue weighted by atomic mass is 32.2. The summed E-state index contributed by atoms with van der Waals surface area (Å²) in [7, 11) is 0.909. The van der Waals surface area contributed by atoms with Crippen LogP contribution < -0.4 is 5.32 Å². The van der Waals surface area contributed by atoms with Gasteiger partial charge in [-0.25, -0.2) is 8.42 Å². The molecule has 25 heteroatoms. The third-order valence-corrected chi connectivity index (χ3v) is 6.82. The number of ether oxygens (including phenoxy) is 1. The van der Waals surface area contributed by atoms with E-state index in [0.29, 0.717) is 11.0 Å². The van der Waals surface area contributed by atoms with Gasteiger partial charge in [-0.1, -0.05) is 17.7 Å². The van der Waals surface area contributed by atoms with E-state index in [1.807, 2.05) is 6.92 Å². The Bertz CT molecular complexity index is 1360. The molecule has 0 heterocycles. The predicted molar refractivity (Wildman–Crippen MR) is 131 cm³/mol. The van der Waals surface area contributed by atoms with Gasteiger partial charge < -0.3 is 19.1 Å². The predicted octanol–water partition coefficient (Wildman–Crippen LogP) is 6.12. The minimum Gasteiger partial charge on any atom is -0.744 e. The first kappa shape index (κ1) is 46.3. The van der Waals surface area contributed by atoms with Crippen molar-refractivity contribution in [2.75, 3.05) is 47.4 Å². The van der Waals surface area contributed by atoms with Crippen LogP contribution in [0.3, 0.4) is 0 Å². The molecule has 0 aliphatic rings. The number of hydrogen-bond acceptors (Lipinski definition) is 5. The number of carbonyl (C=O) groups excluding carboxylic acids is 1. The number of rotatable bonds is 15. The molecule has 1 N–H and O–H groups in total. The molecule has 1 aromatic rings. The smallest absolute Gasteiger partial charge is 0.460 e. The van der Waals surface area contributed by atoms with Gasteiger partial charge >= 0.3 is 47.6 Å². The van der Waals surface area contributed by atoms with Crippen molar-refractivity contribution in [3.8, 4) is 0 Å². The number of quaternary nitrogens is 1. The van der Waals surface area contributed by atoms with E-state index in [2.05, 4.69) is 0 Å². The van der Waals surface area contributed by atoms with Gasteiger partial charge in [-0.15, -0.1) is 0 Å². The Balaban J connectivity index is 0.00000175. The lowest BCUT2D eigenvalue weighted by Crippen LogP contribution is -2.75. The van der Waals surface area contributed by atoms with Crippen LogP contribution >= 0.6 is 0 Å². The van der Waals surface area contributed by atoms with Gasteiger partial charge in [0.1, 0.15) is 16.7 Å². The molecule has 0 aliphatic carbocycles. The Hall–Kier alpha value is -2.67. The van der Waals surface area contributed by atoms with Crippen LogP contribution in [0.25, 0.3) is 0 Å². The minimum atomic E-state index is -8.73. The molecule has 0 bridgehead atoms. The van der Waals surface area contributed by atoms with Crippen LogP contribution in [-0.4, -0.2) is 118 Å². The normalized spacial score (nSPS) is 14.7. The molecule has 0 aliphatic heterocycles. The molecule has 1 aromatic carbocycles. The van der Waals surface area contributed by atoms with Crippen molar-refractivity contribution in [3.05, 3.63) is 29.8 Å². The molecule has 0 unspecified atom stereocenters. The molecular weight excluding hydrogens is 751 g/mol. The van der Waals surface area contributed by atoms with Gasteiger partial charge in [0.05, 0.1) is 32.6 Å². The number of hydrogen-bond donors (Lipinski definition) is 1. The van der Waals surface area contributed by atoms with Crippen LogP contribution in [0.4, 0.5) is 74.6 Å². The maximum absolute atomic E-state index is 13.7. The SMILES string of the molecule is C[N+](C)(C)CCOCCCNC(=O)C(F)(F)C(F)(F)C(F)(F)C(F)(F)C(F)(F)C(F)(F)C(F)(F)C(F)(F)F.Cc1ccc(S(=O)(=O)[O-])cc1. The van der Waals surface area contributed by atoms with Crippen LogP contribution in [0.1, 0.15) is 12.0 Å². The number of halogens is 17. The second-order valence-electron chi connectivity index (χ2n) is 11.0. The van der Waals surface area contributed by atoms with Crippen molar-refractivity contribution in [2.24, 2.45) is 0 Å². The Morgan fingerprint density at radius 2 is 1.08 bits per heavy atom. The van der Waals surface area contributed by atoms with E-state index in [4.69, 9.17) is 4.74 Å². The first-order valence-electron chi connectivity index (χ1n) is 12.8. The van der Waals surface area contributed by atoms with Gasteiger partial charge in [0.25, 0.3) is 5.91 Å². The minimum absolute atomic E-state index is 0.0409. The van der Waals surface area contributed by atoms with Gasteiger partial charge in [0.15, 0.2) is 0 Å². The molecule has 288 valence electrons. The van der Waals surface area contributed by atoms with Crippen LogP contribution in [-0.2, 0) is 19.6 Å². The number of nitrogens with one attached hydrogen (secondary N) is 1. The van der Waals surface area contributed by atoms with Crippen molar-refractivity contribution in [2.45, 2.75) is 65.9 Å². The first-order valence-corrected chi connectivity index (χ1v) is 14.2. The van der Waals surface area contributed by atoms with Gasteiger partial charge in [0, 0.05) is 13.2 Å². The first-order chi connectivity index (χ1) is 21.4. The Labute approximate surface area is 266 Å². The van der Waals surface area contributed by atoms with E-state index in [-0.39, 0.29) is 18.1 Å². The van der Waals surface area contributed by atoms with Gasteiger partial charge in [-0.2, -0.15) is 74.6 Å². The fraction of sp³-hybridized carbons (Fsp3) is 0.708. The van der Waals surface area contributed by atoms with E-state index in [0.717, 1.165) is 10.9 Å². The fourth-order valence-corrected chi connectivity index (χ4v) is 3.41. The maximum Gasteiger partial charge on any atom is 0.460 e. The van der Waals surface area contributed by atoms with Crippen molar-refractivity contribution in [1.29, 1.82) is 0 Å². The van der Waals surface area contributed by atoms with E-state index in [1.54, 1.807) is 33.3 Å². The molecule has 0 saturated carbocycles. The highest BCUT2D eigenvalue weighted by molar-refractivity contribution is 7.85. The molecule has 0 radical (unpaired) electrons. The largest absolute Gasteiger partial charge is 0.744 e. The fourth-order valence-electron chi connectivity index (χ4n) is 2.94. The van der Waals surface area contributed by atoms with Gasteiger partial charge in [-0.05, 0) is 25.5 Å². The average molecular weight is 779 g/mol. The highest BCUT2D eigenvalue weighted by Gasteiger charge is 2.95. The number of carbonyl (C=O) groups is 1. The average Bonchev–Trinajstić information content (AvgIpc) is 2.90. The number of amides is 1. The van der Waals surface area contributed by atoms with Crippen LogP contribution in [0, 0.1) is 6.92 Å². The van der Waals surface area contributed by atoms with Crippen molar-refractivity contribution in [1.82, 2.24) is 5.32 Å². The summed E-state index contributed by atoms with van der Waals surface area (Å²) >= 11 is 0. The summed E-state index contributed by atoms with van der Waals surface area (Å²) in [5.41, 5.74) is 0.928. The van der Waals surface area contributed by atoms with Crippen LogP contribution in [0.2, 0.25) is 0 Å². The number of nitrogens with zero attached hydrogens (tertiary/aromatic N) is 1. The maximum atomic E-state index is 13.7. The lowest BCUT2D eigenvalue weighted by molar-refractivity contribution is -0.870. The quantitative estimate of drug-likeness (QED) is 0.100. The van der Waals surface area contributed by atoms with Crippen molar-refractivity contribution in [3.63, 3.8) is 0 Å². The molecule has 0 aromatic heterocycles. The lowest BCUT2D eigenvalue weighted by atomic mass is 9.89. The van der Waals surface area contributed by atoms with E-state index < -0.39 is 76.6 Å². The second-order valence-corrected chi connectivity index (χ2v) is 12.4. The molecule has 1 amide bonds. The Morgan fingerprint density at radius 3 is 1.45 bits per heavy atom. The zero-order valence-corrected chi connectivity index (χ0v) is 26.0. The summed E-state index contributed by atoms with van der Waals surface area (Å²) in [5.74, 6) is -61.5. The Morgan fingerprint density at radius 1 is 0.694 bits per heavy atom. The summed E-state index contributed by atoms with van der Waals surface area (Å²) in [6.07, 6.45) is -8.32. The molecule has 1 rings (SSSR count). The molecule has 49 heavy (non-hydrogen) atoms. The number of alkyl halides is 17. The lowest BCUT2D eigenvalue weighted by Gasteiger charge is -2.42. The summed E-state index contributed by atoms with van der Waals surface area (Å²) in [4.78, 5) is 11.1. The summed E-state index contributed by atoms with van der Waals surface area (Å²) < 4.78 is 260. The molecule has 0 spiro atoms. The second kappa shape index (κ2) is 14.9. The Kier molecular flexibility index (Phi) is 14.1. The zero-order valence-electron chi connectivity index (χ0n) is 25.2. The van der Waals surface area contributed by atoms with Gasteiger partial charge in [-0.3, -0.25) is 4.79 Å². The molecule has 7 nitrogen and oxygen atoms in total. The van der Waals surface area contributed by atoms with Gasteiger partial charge in [0.2, 0.25) is 0 Å². The summed E-state index contributed by atoms with van der Waals surface area (Å²) in [6.45, 7) is 0.785. The zero-order chi connectivity index (χ0) is 39.5. The standard InChI is InChI=1S/C17H19F17N2O2.C7H8O3S/c1-36(2,3)6-8-38-7-4-5-35-9(37)10(18,19)11(20,21)12(22,23)13(24,25)14(26,27)15(28,29)16(30,31)17(32,33)34;1-6-2-4-7(5-3-6)11(8,9)10/h4-8H2,1-3H3;2-5H,1H3,(H,8,9,10). The number of benzene rings is 1.